The van der Waals surface area contributed by atoms with Gasteiger partial charge in [-0.15, -0.1) is 0 Å². The third-order valence-electron chi connectivity index (χ3n) is 4.33. The molecule has 2 aromatic rings. The minimum atomic E-state index is -4.63. The fourth-order valence-corrected chi connectivity index (χ4v) is 3.22. The van der Waals surface area contributed by atoms with E-state index in [1.54, 1.807) is 30.3 Å². The lowest BCUT2D eigenvalue weighted by Gasteiger charge is -2.24. The molecule has 0 aromatic heterocycles. The summed E-state index contributed by atoms with van der Waals surface area (Å²) in [5, 5.41) is 0.312. The van der Waals surface area contributed by atoms with E-state index in [1.807, 2.05) is 0 Å². The number of benzene rings is 2. The van der Waals surface area contributed by atoms with E-state index in [-0.39, 0.29) is 11.4 Å². The minimum Gasteiger partial charge on any atom is -0.468 e. The van der Waals surface area contributed by atoms with Crippen LogP contribution in [0.5, 0.6) is 0 Å². The predicted octanol–water partition coefficient (Wildman–Crippen LogP) is 4.02. The summed E-state index contributed by atoms with van der Waals surface area (Å²) in [6.07, 6.45) is -6.09. The number of aliphatic imine (C=N–C) groups is 1. The Balaban J connectivity index is 2.23. The number of alkyl halides is 3. The minimum absolute atomic E-state index is 0.193. The van der Waals surface area contributed by atoms with E-state index >= 15 is 0 Å². The summed E-state index contributed by atoms with van der Waals surface area (Å²) in [5.74, 6) is -1.71. The fourth-order valence-electron chi connectivity index (χ4n) is 3.05. The van der Waals surface area contributed by atoms with Crippen LogP contribution >= 0.6 is 11.6 Å². The Morgan fingerprint density at radius 2 is 1.90 bits per heavy atom. The molecule has 1 heterocycles. The summed E-state index contributed by atoms with van der Waals surface area (Å²) in [7, 11) is 1.13. The number of rotatable bonds is 4. The molecule has 0 bridgehead atoms. The van der Waals surface area contributed by atoms with Crippen LogP contribution in [-0.4, -0.2) is 43.5 Å². The first-order valence-electron chi connectivity index (χ1n) is 8.57. The second kappa shape index (κ2) is 8.24. The maximum atomic E-state index is 13.2. The molecule has 1 atom stereocenters. The molecule has 9 heteroatoms. The lowest BCUT2D eigenvalue weighted by atomic mass is 10.00. The van der Waals surface area contributed by atoms with Gasteiger partial charge in [-0.3, -0.25) is 19.5 Å². The van der Waals surface area contributed by atoms with E-state index in [1.165, 1.54) is 18.2 Å². The highest BCUT2D eigenvalue weighted by molar-refractivity contribution is 6.32. The van der Waals surface area contributed by atoms with Crippen molar-refractivity contribution >= 4 is 34.9 Å². The summed E-state index contributed by atoms with van der Waals surface area (Å²) in [6.45, 7) is -0.546. The van der Waals surface area contributed by atoms with Crippen molar-refractivity contribution in [3.63, 3.8) is 0 Å². The summed E-state index contributed by atoms with van der Waals surface area (Å²) in [4.78, 5) is 30.0. The predicted molar refractivity (Wildman–Crippen MR) is 102 cm³/mol. The largest absolute Gasteiger partial charge is 0.468 e. The molecule has 0 N–H and O–H groups in total. The second-order valence-electron chi connectivity index (χ2n) is 6.34. The van der Waals surface area contributed by atoms with Gasteiger partial charge >= 0.3 is 12.1 Å². The van der Waals surface area contributed by atoms with E-state index in [0.717, 1.165) is 12.0 Å². The van der Waals surface area contributed by atoms with E-state index in [9.17, 15) is 22.8 Å². The highest BCUT2D eigenvalue weighted by Gasteiger charge is 2.40. The molecule has 0 saturated carbocycles. The normalized spacial score (nSPS) is 16.7. The number of methoxy groups -OCH3 is 1. The average molecular weight is 425 g/mol. The Morgan fingerprint density at radius 1 is 1.21 bits per heavy atom. The van der Waals surface area contributed by atoms with Crippen LogP contribution in [0.2, 0.25) is 5.02 Å². The van der Waals surface area contributed by atoms with Crippen LogP contribution in [0.25, 0.3) is 0 Å². The van der Waals surface area contributed by atoms with E-state index in [4.69, 9.17) is 11.6 Å². The molecule has 152 valence electrons. The third kappa shape index (κ3) is 4.76. The van der Waals surface area contributed by atoms with Gasteiger partial charge in [0.2, 0.25) is 0 Å². The monoisotopic (exact) mass is 424 g/mol. The van der Waals surface area contributed by atoms with Crippen LogP contribution in [0, 0.1) is 0 Å². The molecule has 0 fully saturated rings. The molecule has 1 aliphatic heterocycles. The average Bonchev–Trinajstić information content (AvgIpc) is 2.77. The van der Waals surface area contributed by atoms with Crippen molar-refractivity contribution in [2.24, 2.45) is 4.99 Å². The van der Waals surface area contributed by atoms with Gasteiger partial charge < -0.3 is 4.74 Å². The van der Waals surface area contributed by atoms with Gasteiger partial charge in [0.15, 0.2) is 0 Å². The van der Waals surface area contributed by atoms with Crippen molar-refractivity contribution in [2.45, 2.75) is 18.6 Å². The van der Waals surface area contributed by atoms with Gasteiger partial charge in [0, 0.05) is 16.1 Å². The molecular weight excluding hydrogens is 409 g/mol. The number of hydrogen-bond donors (Lipinski definition) is 0. The van der Waals surface area contributed by atoms with Crippen LogP contribution in [0.3, 0.4) is 0 Å². The number of nitrogens with zero attached hydrogens (tertiary/aromatic N) is 2. The summed E-state index contributed by atoms with van der Waals surface area (Å²) < 4.78 is 44.1. The molecule has 1 unspecified atom stereocenters. The maximum Gasteiger partial charge on any atom is 0.391 e. The SMILES string of the molecule is COC(=O)CN1C(=O)C(CC(F)(F)F)N=C(c2ccccc2)c2cc(Cl)ccc21. The lowest BCUT2D eigenvalue weighted by Crippen LogP contribution is -2.43. The second-order valence-corrected chi connectivity index (χ2v) is 6.78. The molecule has 5 nitrogen and oxygen atoms in total. The molecular formula is C20H16ClF3N2O3. The number of halogens is 4. The maximum absolute atomic E-state index is 13.2. The number of ether oxygens (including phenoxy) is 1. The zero-order valence-electron chi connectivity index (χ0n) is 15.2. The number of hydrogen-bond acceptors (Lipinski definition) is 4. The van der Waals surface area contributed by atoms with Crippen LogP contribution in [0.4, 0.5) is 18.9 Å². The van der Waals surface area contributed by atoms with E-state index < -0.39 is 37.1 Å². The Kier molecular flexibility index (Phi) is 5.93. The van der Waals surface area contributed by atoms with Crippen molar-refractivity contribution < 1.29 is 27.5 Å². The Labute approximate surface area is 169 Å². The molecule has 0 spiro atoms. The number of carbonyl (C=O) groups excluding carboxylic acids is 2. The molecule has 3 rings (SSSR count). The molecule has 0 radical (unpaired) electrons. The summed E-state index contributed by atoms with van der Waals surface area (Å²) >= 11 is 6.11. The quantitative estimate of drug-likeness (QED) is 0.697. The first kappa shape index (κ1) is 20.9. The van der Waals surface area contributed by atoms with Crippen molar-refractivity contribution in [1.82, 2.24) is 0 Å². The van der Waals surface area contributed by atoms with Gasteiger partial charge in [0.25, 0.3) is 5.91 Å². The highest BCUT2D eigenvalue weighted by Crippen LogP contribution is 2.33. The number of fused-ring (bicyclic) bond motifs is 1. The van der Waals surface area contributed by atoms with Gasteiger partial charge in [0.05, 0.1) is 24.9 Å². The van der Waals surface area contributed by atoms with Crippen molar-refractivity contribution in [3.05, 3.63) is 64.7 Å². The number of carbonyl (C=O) groups is 2. The van der Waals surface area contributed by atoms with Crippen LogP contribution in [0.15, 0.2) is 53.5 Å². The van der Waals surface area contributed by atoms with Crippen LogP contribution < -0.4 is 4.90 Å². The smallest absolute Gasteiger partial charge is 0.391 e. The number of amides is 1. The zero-order valence-corrected chi connectivity index (χ0v) is 16.0. The number of esters is 1. The van der Waals surface area contributed by atoms with Gasteiger partial charge in [0.1, 0.15) is 12.6 Å². The van der Waals surface area contributed by atoms with E-state index in [0.29, 0.717) is 16.1 Å². The van der Waals surface area contributed by atoms with Crippen molar-refractivity contribution in [1.29, 1.82) is 0 Å². The Morgan fingerprint density at radius 3 is 2.52 bits per heavy atom. The Hall–Kier alpha value is -2.87. The molecule has 29 heavy (non-hydrogen) atoms. The molecule has 1 aliphatic rings. The van der Waals surface area contributed by atoms with Crippen molar-refractivity contribution in [2.75, 3.05) is 18.6 Å². The Bertz CT molecular complexity index is 961. The van der Waals surface area contributed by atoms with Crippen molar-refractivity contribution in [3.8, 4) is 0 Å². The summed E-state index contributed by atoms with van der Waals surface area (Å²) in [6, 6.07) is 11.2. The van der Waals surface area contributed by atoms with Crippen LogP contribution in [-0.2, 0) is 14.3 Å². The molecule has 1 amide bonds. The standard InChI is InChI=1S/C20H16ClF3N2O3/c1-29-17(27)11-26-16-8-7-13(21)9-14(16)18(12-5-3-2-4-6-12)25-15(19(26)28)10-20(22,23)24/h2-9,15H,10-11H2,1H3. The first-order valence-corrected chi connectivity index (χ1v) is 8.95. The molecule has 0 saturated heterocycles. The summed E-state index contributed by atoms with van der Waals surface area (Å²) in [5.41, 5.74) is 1.30. The third-order valence-corrected chi connectivity index (χ3v) is 4.56. The molecule has 0 aliphatic carbocycles. The highest BCUT2D eigenvalue weighted by atomic mass is 35.5. The van der Waals surface area contributed by atoms with Gasteiger partial charge in [-0.25, -0.2) is 0 Å². The van der Waals surface area contributed by atoms with Gasteiger partial charge in [-0.05, 0) is 18.2 Å². The van der Waals surface area contributed by atoms with Gasteiger partial charge in [-0.1, -0.05) is 41.9 Å². The number of benzodiazepines with no additional fused rings is 1. The van der Waals surface area contributed by atoms with E-state index in [2.05, 4.69) is 9.73 Å². The van der Waals surface area contributed by atoms with Crippen LogP contribution in [0.1, 0.15) is 17.5 Å². The van der Waals surface area contributed by atoms with Gasteiger partial charge in [-0.2, -0.15) is 13.2 Å². The zero-order chi connectivity index (χ0) is 21.2. The lowest BCUT2D eigenvalue weighted by molar-refractivity contribution is -0.146. The number of anilines is 1. The first-order chi connectivity index (χ1) is 13.7. The topological polar surface area (TPSA) is 59.0 Å². The fraction of sp³-hybridized carbons (Fsp3) is 0.250. The molecule has 2 aromatic carbocycles.